The Balaban J connectivity index is 1.38. The van der Waals surface area contributed by atoms with Gasteiger partial charge in [-0.2, -0.15) is 0 Å². The van der Waals surface area contributed by atoms with Crippen LogP contribution in [0.5, 0.6) is 0 Å². The predicted molar refractivity (Wildman–Crippen MR) is 130 cm³/mol. The molecule has 1 aliphatic rings. The Kier molecular flexibility index (Phi) is 7.44. The molecule has 1 amide bonds. The SMILES string of the molecule is C[C@@H](SCc1ccccc1)C(=O)N1CCN(C(c2ccccc2)c2ccccc2)CC1. The number of piperazine rings is 1. The molecule has 0 radical (unpaired) electrons. The maximum atomic E-state index is 13.0. The van der Waals surface area contributed by atoms with Crippen LogP contribution in [0.25, 0.3) is 0 Å². The van der Waals surface area contributed by atoms with Crippen LogP contribution in [0.1, 0.15) is 29.7 Å². The molecule has 1 fully saturated rings. The molecule has 1 aliphatic heterocycles. The Hall–Kier alpha value is -2.56. The van der Waals surface area contributed by atoms with Crippen LogP contribution in [-0.2, 0) is 10.5 Å². The molecule has 3 nitrogen and oxygen atoms in total. The lowest BCUT2D eigenvalue weighted by Crippen LogP contribution is -2.51. The second-order valence-electron chi connectivity index (χ2n) is 8.02. The van der Waals surface area contributed by atoms with Crippen molar-refractivity contribution in [3.63, 3.8) is 0 Å². The van der Waals surface area contributed by atoms with Gasteiger partial charge in [0.15, 0.2) is 0 Å². The van der Waals surface area contributed by atoms with E-state index in [-0.39, 0.29) is 17.2 Å². The second kappa shape index (κ2) is 10.7. The van der Waals surface area contributed by atoms with Gasteiger partial charge in [-0.05, 0) is 23.6 Å². The van der Waals surface area contributed by atoms with Crippen LogP contribution in [0.2, 0.25) is 0 Å². The number of amides is 1. The molecule has 4 rings (SSSR count). The standard InChI is InChI=1S/C27H30N2OS/c1-22(31-21-23-11-5-2-6-12-23)27(30)29-19-17-28(18-20-29)26(24-13-7-3-8-14-24)25-15-9-4-10-16-25/h2-16,22,26H,17-21H2,1H3/t22-/m1/s1. The van der Waals surface area contributed by atoms with E-state index >= 15 is 0 Å². The smallest absolute Gasteiger partial charge is 0.235 e. The fourth-order valence-electron chi connectivity index (χ4n) is 4.21. The zero-order valence-electron chi connectivity index (χ0n) is 18.1. The van der Waals surface area contributed by atoms with Gasteiger partial charge in [-0.3, -0.25) is 9.69 Å². The molecule has 160 valence electrons. The molecule has 1 atom stereocenters. The number of nitrogens with zero attached hydrogens (tertiary/aromatic N) is 2. The Morgan fingerprint density at radius 2 is 1.26 bits per heavy atom. The van der Waals surface area contributed by atoms with Crippen LogP contribution in [-0.4, -0.2) is 47.1 Å². The van der Waals surface area contributed by atoms with E-state index in [4.69, 9.17) is 0 Å². The lowest BCUT2D eigenvalue weighted by Gasteiger charge is -2.40. The molecule has 3 aromatic carbocycles. The normalized spacial score (nSPS) is 15.7. The van der Waals surface area contributed by atoms with Crippen molar-refractivity contribution in [3.8, 4) is 0 Å². The summed E-state index contributed by atoms with van der Waals surface area (Å²) in [6, 6.07) is 32.0. The lowest BCUT2D eigenvalue weighted by molar-refractivity contribution is -0.132. The molecule has 3 aromatic rings. The Labute approximate surface area is 190 Å². The van der Waals surface area contributed by atoms with Gasteiger partial charge in [0.2, 0.25) is 5.91 Å². The first-order valence-electron chi connectivity index (χ1n) is 11.0. The van der Waals surface area contributed by atoms with E-state index in [1.165, 1.54) is 16.7 Å². The molecular formula is C27H30N2OS. The van der Waals surface area contributed by atoms with Gasteiger partial charge < -0.3 is 4.90 Å². The van der Waals surface area contributed by atoms with Crippen molar-refractivity contribution in [2.24, 2.45) is 0 Å². The Morgan fingerprint density at radius 3 is 1.77 bits per heavy atom. The van der Waals surface area contributed by atoms with E-state index in [1.807, 2.05) is 17.9 Å². The van der Waals surface area contributed by atoms with Crippen LogP contribution in [0.4, 0.5) is 0 Å². The number of hydrogen-bond acceptors (Lipinski definition) is 3. The molecule has 0 unspecified atom stereocenters. The van der Waals surface area contributed by atoms with Crippen molar-refractivity contribution in [3.05, 3.63) is 108 Å². The van der Waals surface area contributed by atoms with E-state index in [2.05, 4.69) is 89.8 Å². The van der Waals surface area contributed by atoms with Crippen LogP contribution >= 0.6 is 11.8 Å². The first-order valence-corrected chi connectivity index (χ1v) is 12.1. The van der Waals surface area contributed by atoms with Crippen molar-refractivity contribution in [1.82, 2.24) is 9.80 Å². The van der Waals surface area contributed by atoms with Gasteiger partial charge in [0.1, 0.15) is 0 Å². The molecule has 0 N–H and O–H groups in total. The van der Waals surface area contributed by atoms with Crippen LogP contribution in [0.15, 0.2) is 91.0 Å². The summed E-state index contributed by atoms with van der Waals surface area (Å²) < 4.78 is 0. The maximum absolute atomic E-state index is 13.0. The van der Waals surface area contributed by atoms with Gasteiger partial charge in [-0.1, -0.05) is 91.0 Å². The summed E-state index contributed by atoms with van der Waals surface area (Å²) in [5.74, 6) is 1.13. The Morgan fingerprint density at radius 1 is 0.774 bits per heavy atom. The van der Waals surface area contributed by atoms with E-state index in [9.17, 15) is 4.79 Å². The number of benzene rings is 3. The minimum absolute atomic E-state index is 0.0224. The predicted octanol–water partition coefficient (Wildman–Crippen LogP) is 5.24. The van der Waals surface area contributed by atoms with Crippen molar-refractivity contribution < 1.29 is 4.79 Å². The highest BCUT2D eigenvalue weighted by molar-refractivity contribution is 7.99. The van der Waals surface area contributed by atoms with Crippen LogP contribution in [0, 0.1) is 0 Å². The number of carbonyl (C=O) groups excluding carboxylic acids is 1. The zero-order valence-corrected chi connectivity index (χ0v) is 18.9. The summed E-state index contributed by atoms with van der Waals surface area (Å²) in [5.41, 5.74) is 3.88. The fourth-order valence-corrected chi connectivity index (χ4v) is 5.14. The van der Waals surface area contributed by atoms with Gasteiger partial charge in [0, 0.05) is 31.9 Å². The molecule has 0 aromatic heterocycles. The highest BCUT2D eigenvalue weighted by Crippen LogP contribution is 2.30. The van der Waals surface area contributed by atoms with Crippen LogP contribution in [0.3, 0.4) is 0 Å². The first kappa shape index (κ1) is 21.7. The van der Waals surface area contributed by atoms with E-state index < -0.39 is 0 Å². The summed E-state index contributed by atoms with van der Waals surface area (Å²) in [6.07, 6.45) is 0. The van der Waals surface area contributed by atoms with Crippen molar-refractivity contribution in [2.45, 2.75) is 24.0 Å². The fraction of sp³-hybridized carbons (Fsp3) is 0.296. The summed E-state index contributed by atoms with van der Waals surface area (Å²) >= 11 is 1.73. The summed E-state index contributed by atoms with van der Waals surface area (Å²) in [4.78, 5) is 17.6. The average molecular weight is 431 g/mol. The molecule has 0 aliphatic carbocycles. The molecule has 0 bridgehead atoms. The molecule has 4 heteroatoms. The molecule has 1 saturated heterocycles. The van der Waals surface area contributed by atoms with Gasteiger partial charge in [-0.25, -0.2) is 0 Å². The summed E-state index contributed by atoms with van der Waals surface area (Å²) in [7, 11) is 0. The van der Waals surface area contributed by atoms with Gasteiger partial charge >= 0.3 is 0 Å². The monoisotopic (exact) mass is 430 g/mol. The van der Waals surface area contributed by atoms with E-state index in [0.29, 0.717) is 0 Å². The van der Waals surface area contributed by atoms with Crippen LogP contribution < -0.4 is 0 Å². The Bertz CT molecular complexity index is 901. The van der Waals surface area contributed by atoms with E-state index in [1.54, 1.807) is 11.8 Å². The van der Waals surface area contributed by atoms with Gasteiger partial charge in [0.05, 0.1) is 11.3 Å². The average Bonchev–Trinajstić information content (AvgIpc) is 2.85. The number of thioether (sulfide) groups is 1. The lowest BCUT2D eigenvalue weighted by atomic mass is 9.96. The molecule has 0 saturated carbocycles. The summed E-state index contributed by atoms with van der Waals surface area (Å²) in [6.45, 7) is 5.38. The largest absolute Gasteiger partial charge is 0.339 e. The number of rotatable bonds is 7. The van der Waals surface area contributed by atoms with Crippen molar-refractivity contribution in [2.75, 3.05) is 26.2 Å². The van der Waals surface area contributed by atoms with E-state index in [0.717, 1.165) is 31.9 Å². The minimum atomic E-state index is -0.0224. The molecule has 0 spiro atoms. The first-order chi connectivity index (χ1) is 15.2. The number of carbonyl (C=O) groups is 1. The molecule has 1 heterocycles. The van der Waals surface area contributed by atoms with Gasteiger partial charge in [0.25, 0.3) is 0 Å². The third-order valence-electron chi connectivity index (χ3n) is 5.91. The topological polar surface area (TPSA) is 23.6 Å². The zero-order chi connectivity index (χ0) is 21.5. The third-order valence-corrected chi connectivity index (χ3v) is 7.11. The maximum Gasteiger partial charge on any atom is 0.235 e. The van der Waals surface area contributed by atoms with Crippen molar-refractivity contribution in [1.29, 1.82) is 0 Å². The molecular weight excluding hydrogens is 400 g/mol. The summed E-state index contributed by atoms with van der Waals surface area (Å²) in [5, 5.41) is -0.0224. The number of hydrogen-bond donors (Lipinski definition) is 0. The minimum Gasteiger partial charge on any atom is -0.339 e. The van der Waals surface area contributed by atoms with Crippen molar-refractivity contribution >= 4 is 17.7 Å². The third kappa shape index (κ3) is 5.57. The van der Waals surface area contributed by atoms with Gasteiger partial charge in [-0.15, -0.1) is 11.8 Å². The highest BCUT2D eigenvalue weighted by atomic mass is 32.2. The quantitative estimate of drug-likeness (QED) is 0.512. The second-order valence-corrected chi connectivity index (χ2v) is 9.35. The highest BCUT2D eigenvalue weighted by Gasteiger charge is 2.29. The molecule has 31 heavy (non-hydrogen) atoms.